The third-order valence-corrected chi connectivity index (χ3v) is 5.70. The van der Waals surface area contributed by atoms with E-state index in [1.807, 2.05) is 24.3 Å². The zero-order valence-electron chi connectivity index (χ0n) is 15.7. The highest BCUT2D eigenvalue weighted by molar-refractivity contribution is 6.30. The number of nitrogens with zero attached hydrogens (tertiary/aromatic N) is 4. The Hall–Kier alpha value is -2.79. The van der Waals surface area contributed by atoms with Crippen molar-refractivity contribution in [3.8, 4) is 0 Å². The van der Waals surface area contributed by atoms with Crippen molar-refractivity contribution in [1.82, 2.24) is 19.5 Å². The second-order valence-corrected chi connectivity index (χ2v) is 7.90. The van der Waals surface area contributed by atoms with E-state index < -0.39 is 29.9 Å². The number of imidazole rings is 1. The molecule has 0 saturated carbocycles. The number of benzene rings is 1. The van der Waals surface area contributed by atoms with Crippen molar-refractivity contribution in [3.05, 3.63) is 47.5 Å². The molecule has 2 bridgehead atoms. The number of ether oxygens (including phenoxy) is 2. The number of anilines is 1. The number of rotatable bonds is 6. The third-order valence-electron chi connectivity index (χ3n) is 5.46. The molecule has 0 unspecified atom stereocenters. The molecule has 1 aromatic carbocycles. The highest BCUT2D eigenvalue weighted by Gasteiger charge is 2.62. The Morgan fingerprint density at radius 3 is 3.07 bits per heavy atom. The first-order chi connectivity index (χ1) is 14.5. The van der Waals surface area contributed by atoms with Crippen LogP contribution in [0, 0.1) is 0 Å². The summed E-state index contributed by atoms with van der Waals surface area (Å²) in [5.74, 6) is -0.0144. The van der Waals surface area contributed by atoms with E-state index in [2.05, 4.69) is 20.3 Å². The van der Waals surface area contributed by atoms with Crippen LogP contribution in [0.15, 0.2) is 36.9 Å². The molecule has 2 saturated heterocycles. The predicted octanol–water partition coefficient (Wildman–Crippen LogP) is 0.994. The maximum Gasteiger partial charge on any atom is 0.220 e. The summed E-state index contributed by atoms with van der Waals surface area (Å²) >= 11 is 6.04. The number of carbonyl (C=O) groups is 1. The Labute approximate surface area is 176 Å². The summed E-state index contributed by atoms with van der Waals surface area (Å²) < 4.78 is 13.4. The molecule has 4 heterocycles. The standard InChI is InChI=1S/C19H19ClN6O4/c20-11-3-1-2-10(4-11)6-22-16-13-17(24-8-23-16)26(9-25-13)18-14-15(28)19(30-18,7-29-14)5-12(21)27/h1-4,8-9,14-15,18,28H,5-7H2,(H2,21,27)(H,22,23,24)/t14-,15+,18-,19-/m1/s1. The SMILES string of the molecule is NC(=O)C[C@]12CO[C@@H]([C@H](n3cnc4c(NCc5cccc(Cl)c5)ncnc43)O1)[C@@H]2O. The van der Waals surface area contributed by atoms with E-state index in [9.17, 15) is 9.90 Å². The number of primary amides is 1. The van der Waals surface area contributed by atoms with Crippen molar-refractivity contribution in [3.63, 3.8) is 0 Å². The van der Waals surface area contributed by atoms with Gasteiger partial charge in [-0.1, -0.05) is 23.7 Å². The number of nitrogens with two attached hydrogens (primary N) is 1. The monoisotopic (exact) mass is 430 g/mol. The van der Waals surface area contributed by atoms with Gasteiger partial charge in [-0.3, -0.25) is 9.36 Å². The fourth-order valence-corrected chi connectivity index (χ4v) is 4.28. The van der Waals surface area contributed by atoms with Crippen LogP contribution < -0.4 is 11.1 Å². The van der Waals surface area contributed by atoms with Gasteiger partial charge in [-0.15, -0.1) is 0 Å². The molecule has 4 atom stereocenters. The van der Waals surface area contributed by atoms with E-state index in [1.165, 1.54) is 6.33 Å². The van der Waals surface area contributed by atoms with Gasteiger partial charge in [-0.05, 0) is 17.7 Å². The first-order valence-electron chi connectivity index (χ1n) is 9.38. The highest BCUT2D eigenvalue weighted by Crippen LogP contribution is 2.47. The number of halogens is 1. The van der Waals surface area contributed by atoms with Crippen molar-refractivity contribution in [2.75, 3.05) is 11.9 Å². The van der Waals surface area contributed by atoms with Crippen molar-refractivity contribution < 1.29 is 19.4 Å². The summed E-state index contributed by atoms with van der Waals surface area (Å²) in [6, 6.07) is 7.51. The molecule has 156 valence electrons. The number of fused-ring (bicyclic) bond motifs is 3. The summed E-state index contributed by atoms with van der Waals surface area (Å²) in [6.07, 6.45) is 0.534. The molecule has 10 nitrogen and oxygen atoms in total. The Bertz CT molecular complexity index is 1120. The summed E-state index contributed by atoms with van der Waals surface area (Å²) in [4.78, 5) is 24.5. The number of hydrogen-bond acceptors (Lipinski definition) is 8. The van der Waals surface area contributed by atoms with E-state index in [4.69, 9.17) is 26.8 Å². The molecular formula is C19H19ClN6O4. The molecular weight excluding hydrogens is 412 g/mol. The quantitative estimate of drug-likeness (QED) is 0.526. The number of hydrogen-bond donors (Lipinski definition) is 3. The van der Waals surface area contributed by atoms with Gasteiger partial charge in [0.05, 0.1) is 19.4 Å². The van der Waals surface area contributed by atoms with Gasteiger partial charge in [0.25, 0.3) is 0 Å². The zero-order chi connectivity index (χ0) is 20.9. The minimum Gasteiger partial charge on any atom is -0.387 e. The second kappa shape index (κ2) is 7.17. The molecule has 5 rings (SSSR count). The van der Waals surface area contributed by atoms with E-state index in [1.54, 1.807) is 10.9 Å². The van der Waals surface area contributed by atoms with Gasteiger partial charge in [-0.2, -0.15) is 0 Å². The average Bonchev–Trinajstić information content (AvgIpc) is 3.35. The Balaban J connectivity index is 1.42. The van der Waals surface area contributed by atoms with Crippen LogP contribution >= 0.6 is 11.6 Å². The molecule has 0 aliphatic carbocycles. The molecule has 2 fully saturated rings. The Morgan fingerprint density at radius 2 is 2.27 bits per heavy atom. The minimum absolute atomic E-state index is 0.103. The average molecular weight is 431 g/mol. The van der Waals surface area contributed by atoms with Crippen LogP contribution in [-0.4, -0.2) is 54.9 Å². The van der Waals surface area contributed by atoms with E-state index >= 15 is 0 Å². The normalized spacial score (nSPS) is 27.6. The fourth-order valence-electron chi connectivity index (χ4n) is 4.07. The van der Waals surface area contributed by atoms with Crippen LogP contribution in [0.4, 0.5) is 5.82 Å². The molecule has 0 radical (unpaired) electrons. The minimum atomic E-state index is -1.15. The van der Waals surface area contributed by atoms with Crippen molar-refractivity contribution in [1.29, 1.82) is 0 Å². The number of carbonyl (C=O) groups excluding carboxylic acids is 1. The molecule has 2 aliphatic heterocycles. The predicted molar refractivity (Wildman–Crippen MR) is 107 cm³/mol. The number of aliphatic hydroxyl groups is 1. The molecule has 30 heavy (non-hydrogen) atoms. The molecule has 1 amide bonds. The van der Waals surface area contributed by atoms with Gasteiger partial charge in [0.2, 0.25) is 5.91 Å². The van der Waals surface area contributed by atoms with Crippen molar-refractivity contribution in [2.24, 2.45) is 5.73 Å². The van der Waals surface area contributed by atoms with Crippen LogP contribution in [0.5, 0.6) is 0 Å². The summed E-state index contributed by atoms with van der Waals surface area (Å²) in [6.45, 7) is 0.609. The Kier molecular flexibility index (Phi) is 4.58. The number of amides is 1. The first kappa shape index (κ1) is 19.2. The van der Waals surface area contributed by atoms with Gasteiger partial charge in [0.15, 0.2) is 23.2 Å². The zero-order valence-corrected chi connectivity index (χ0v) is 16.5. The maximum atomic E-state index is 11.5. The maximum absolute atomic E-state index is 11.5. The molecule has 0 spiro atoms. The van der Waals surface area contributed by atoms with Gasteiger partial charge in [0, 0.05) is 11.6 Å². The van der Waals surface area contributed by atoms with E-state index in [0.29, 0.717) is 28.5 Å². The molecule has 2 aromatic heterocycles. The number of nitrogens with one attached hydrogen (secondary N) is 1. The van der Waals surface area contributed by atoms with Crippen LogP contribution in [0.3, 0.4) is 0 Å². The molecule has 11 heteroatoms. The lowest BCUT2D eigenvalue weighted by Gasteiger charge is -2.30. The lowest BCUT2D eigenvalue weighted by atomic mass is 9.95. The van der Waals surface area contributed by atoms with Crippen LogP contribution in [0.1, 0.15) is 18.2 Å². The second-order valence-electron chi connectivity index (χ2n) is 7.47. The lowest BCUT2D eigenvalue weighted by Crippen LogP contribution is -2.44. The molecule has 2 aliphatic rings. The van der Waals surface area contributed by atoms with Gasteiger partial charge in [-0.25, -0.2) is 15.0 Å². The van der Waals surface area contributed by atoms with Crippen molar-refractivity contribution >= 4 is 34.5 Å². The van der Waals surface area contributed by atoms with Crippen LogP contribution in [0.2, 0.25) is 5.02 Å². The fraction of sp³-hybridized carbons (Fsp3) is 0.368. The topological polar surface area (TPSA) is 137 Å². The summed E-state index contributed by atoms with van der Waals surface area (Å²) in [5.41, 5.74) is 6.24. The number of aliphatic hydroxyl groups excluding tert-OH is 1. The number of aromatic nitrogens is 4. The third kappa shape index (κ3) is 3.08. The molecule has 4 N–H and O–H groups in total. The summed E-state index contributed by atoms with van der Waals surface area (Å²) in [5, 5.41) is 14.5. The molecule has 3 aromatic rings. The summed E-state index contributed by atoms with van der Waals surface area (Å²) in [7, 11) is 0. The highest BCUT2D eigenvalue weighted by atomic mass is 35.5. The smallest absolute Gasteiger partial charge is 0.220 e. The lowest BCUT2D eigenvalue weighted by molar-refractivity contribution is -0.177. The Morgan fingerprint density at radius 1 is 1.40 bits per heavy atom. The largest absolute Gasteiger partial charge is 0.387 e. The van der Waals surface area contributed by atoms with Gasteiger partial charge >= 0.3 is 0 Å². The first-order valence-corrected chi connectivity index (χ1v) is 9.76. The van der Waals surface area contributed by atoms with E-state index in [-0.39, 0.29) is 13.0 Å². The van der Waals surface area contributed by atoms with Crippen LogP contribution in [0.25, 0.3) is 11.2 Å². The van der Waals surface area contributed by atoms with E-state index in [0.717, 1.165) is 5.56 Å². The van der Waals surface area contributed by atoms with Gasteiger partial charge in [0.1, 0.15) is 24.1 Å². The van der Waals surface area contributed by atoms with Gasteiger partial charge < -0.3 is 25.6 Å². The van der Waals surface area contributed by atoms with Crippen LogP contribution in [-0.2, 0) is 20.8 Å². The van der Waals surface area contributed by atoms with Crippen molar-refractivity contribution in [2.45, 2.75) is 37.0 Å².